The van der Waals surface area contributed by atoms with Gasteiger partial charge in [-0.05, 0) is 40.8 Å². The van der Waals surface area contributed by atoms with Gasteiger partial charge in [-0.15, -0.1) is 0 Å². The Labute approximate surface area is 118 Å². The number of aliphatic hydroxyl groups excluding tert-OH is 1. The Morgan fingerprint density at radius 1 is 1.24 bits per heavy atom. The van der Waals surface area contributed by atoms with Crippen LogP contribution >= 0.6 is 34.2 Å². The van der Waals surface area contributed by atoms with Gasteiger partial charge in [-0.2, -0.15) is 0 Å². The zero-order valence-corrected chi connectivity index (χ0v) is 11.6. The minimum Gasteiger partial charge on any atom is -0.438 e. The molecule has 0 saturated carbocycles. The molecule has 0 aliphatic heterocycles. The third-order valence-electron chi connectivity index (χ3n) is 2.09. The quantitative estimate of drug-likeness (QED) is 0.849. The van der Waals surface area contributed by atoms with Gasteiger partial charge >= 0.3 is 0 Å². The molecule has 0 fully saturated rings. The van der Waals surface area contributed by atoms with Crippen LogP contribution in [0.4, 0.5) is 0 Å². The van der Waals surface area contributed by atoms with Crippen molar-refractivity contribution < 1.29 is 9.84 Å². The van der Waals surface area contributed by atoms with Crippen molar-refractivity contribution in [1.29, 1.82) is 0 Å². The van der Waals surface area contributed by atoms with E-state index < -0.39 is 0 Å². The number of rotatable bonds is 3. The highest BCUT2D eigenvalue weighted by molar-refractivity contribution is 14.1. The van der Waals surface area contributed by atoms with Crippen LogP contribution < -0.4 is 4.74 Å². The maximum absolute atomic E-state index is 9.06. The first kappa shape index (κ1) is 12.6. The lowest BCUT2D eigenvalue weighted by Gasteiger charge is -2.08. The van der Waals surface area contributed by atoms with Crippen molar-refractivity contribution in [1.82, 2.24) is 4.98 Å². The molecule has 1 N–H and O–H groups in total. The van der Waals surface area contributed by atoms with E-state index in [0.29, 0.717) is 16.6 Å². The Kier molecular flexibility index (Phi) is 4.20. The lowest BCUT2D eigenvalue weighted by atomic mass is 10.3. The summed E-state index contributed by atoms with van der Waals surface area (Å²) < 4.78 is 6.61. The largest absolute Gasteiger partial charge is 0.438 e. The van der Waals surface area contributed by atoms with Crippen molar-refractivity contribution in [2.45, 2.75) is 6.61 Å². The summed E-state index contributed by atoms with van der Waals surface area (Å²) in [5, 5.41) is 9.49. The normalized spacial score (nSPS) is 10.3. The number of hydrogen-bond donors (Lipinski definition) is 1. The number of aliphatic hydroxyl groups is 1. The molecule has 0 aliphatic rings. The number of hydrogen-bond acceptors (Lipinski definition) is 3. The molecule has 5 heteroatoms. The highest BCUT2D eigenvalue weighted by Gasteiger charge is 2.06. The first-order chi connectivity index (χ1) is 8.20. The Hall–Kier alpha value is -0.850. The second-order valence-electron chi connectivity index (χ2n) is 3.27. The number of ether oxygens (including phenoxy) is 1. The average molecular weight is 362 g/mol. The molecule has 0 unspecified atom stereocenters. The van der Waals surface area contributed by atoms with E-state index in [2.05, 4.69) is 27.6 Å². The van der Waals surface area contributed by atoms with Gasteiger partial charge in [0.2, 0.25) is 5.88 Å². The van der Waals surface area contributed by atoms with Crippen LogP contribution in [0, 0.1) is 3.57 Å². The first-order valence-corrected chi connectivity index (χ1v) is 6.35. The molecular formula is C12H9ClINO2. The van der Waals surface area contributed by atoms with E-state index in [0.717, 1.165) is 9.32 Å². The van der Waals surface area contributed by atoms with Gasteiger partial charge in [-0.1, -0.05) is 23.7 Å². The van der Waals surface area contributed by atoms with Gasteiger partial charge in [0.25, 0.3) is 0 Å². The summed E-state index contributed by atoms with van der Waals surface area (Å²) in [6, 6.07) is 11.0. The molecule has 1 aromatic carbocycles. The van der Waals surface area contributed by atoms with Crippen molar-refractivity contribution in [3.8, 4) is 11.6 Å². The van der Waals surface area contributed by atoms with Gasteiger partial charge < -0.3 is 9.84 Å². The zero-order valence-electron chi connectivity index (χ0n) is 8.73. The topological polar surface area (TPSA) is 42.4 Å². The lowest BCUT2D eigenvalue weighted by Crippen LogP contribution is -1.95. The monoisotopic (exact) mass is 361 g/mol. The second kappa shape index (κ2) is 5.66. The maximum atomic E-state index is 9.06. The molecule has 0 radical (unpaired) electrons. The summed E-state index contributed by atoms with van der Waals surface area (Å²) in [6.45, 7) is -0.206. The number of halogens is 2. The third-order valence-corrected chi connectivity index (χ3v) is 3.33. The van der Waals surface area contributed by atoms with Crippen LogP contribution in [0.3, 0.4) is 0 Å². The van der Waals surface area contributed by atoms with Gasteiger partial charge in [0.05, 0.1) is 20.9 Å². The summed E-state index contributed by atoms with van der Waals surface area (Å²) in [5.74, 6) is 1.15. The smallest absolute Gasteiger partial charge is 0.219 e. The Bertz CT molecular complexity index is 534. The first-order valence-electron chi connectivity index (χ1n) is 4.89. The fourth-order valence-electron chi connectivity index (χ4n) is 1.27. The molecule has 0 spiro atoms. The SMILES string of the molecule is OCc1nc(Oc2ccccc2I)ccc1Cl. The fraction of sp³-hybridized carbons (Fsp3) is 0.0833. The van der Waals surface area contributed by atoms with E-state index in [-0.39, 0.29) is 6.61 Å². The highest BCUT2D eigenvalue weighted by atomic mass is 127. The predicted octanol–water partition coefficient (Wildman–Crippen LogP) is 3.62. The molecule has 1 heterocycles. The summed E-state index contributed by atoms with van der Waals surface area (Å²) in [4.78, 5) is 4.12. The molecule has 0 saturated heterocycles. The summed E-state index contributed by atoms with van der Waals surface area (Å²) in [5.41, 5.74) is 0.412. The highest BCUT2D eigenvalue weighted by Crippen LogP contribution is 2.26. The number of benzene rings is 1. The van der Waals surface area contributed by atoms with Crippen LogP contribution in [-0.2, 0) is 6.61 Å². The number of nitrogens with zero attached hydrogens (tertiary/aromatic N) is 1. The van der Waals surface area contributed by atoms with Crippen LogP contribution in [-0.4, -0.2) is 10.1 Å². The molecule has 3 nitrogen and oxygen atoms in total. The van der Waals surface area contributed by atoms with E-state index in [1.807, 2.05) is 24.3 Å². The minimum absolute atomic E-state index is 0.206. The van der Waals surface area contributed by atoms with Crippen LogP contribution in [0.2, 0.25) is 5.02 Å². The van der Waals surface area contributed by atoms with Gasteiger partial charge in [-0.3, -0.25) is 0 Å². The molecule has 2 aromatic rings. The van der Waals surface area contributed by atoms with E-state index in [1.165, 1.54) is 0 Å². The van der Waals surface area contributed by atoms with E-state index in [4.69, 9.17) is 21.4 Å². The van der Waals surface area contributed by atoms with Crippen molar-refractivity contribution in [3.05, 3.63) is 50.7 Å². The van der Waals surface area contributed by atoms with Crippen molar-refractivity contribution >= 4 is 34.2 Å². The third kappa shape index (κ3) is 3.08. The molecule has 1 aromatic heterocycles. The summed E-state index contributed by atoms with van der Waals surface area (Å²) in [6.07, 6.45) is 0. The van der Waals surface area contributed by atoms with Gasteiger partial charge in [0.15, 0.2) is 0 Å². The molecule has 2 rings (SSSR count). The summed E-state index contributed by atoms with van der Waals surface area (Å²) >= 11 is 8.03. The molecule has 0 atom stereocenters. The Balaban J connectivity index is 2.28. The van der Waals surface area contributed by atoms with E-state index in [9.17, 15) is 0 Å². The van der Waals surface area contributed by atoms with E-state index >= 15 is 0 Å². The molecule has 0 amide bonds. The standard InChI is InChI=1S/C12H9ClINO2/c13-8-5-6-12(15-10(8)7-16)17-11-4-2-1-3-9(11)14/h1-6,16H,7H2. The number of pyridine rings is 1. The predicted molar refractivity (Wildman–Crippen MR) is 74.4 cm³/mol. The van der Waals surface area contributed by atoms with Gasteiger partial charge in [0.1, 0.15) is 5.75 Å². The fourth-order valence-corrected chi connectivity index (χ4v) is 1.93. The molecular weight excluding hydrogens is 352 g/mol. The van der Waals surface area contributed by atoms with Crippen molar-refractivity contribution in [2.75, 3.05) is 0 Å². The van der Waals surface area contributed by atoms with Crippen molar-refractivity contribution in [3.63, 3.8) is 0 Å². The Morgan fingerprint density at radius 2 is 2.00 bits per heavy atom. The van der Waals surface area contributed by atoms with E-state index in [1.54, 1.807) is 12.1 Å². The van der Waals surface area contributed by atoms with Crippen molar-refractivity contribution in [2.24, 2.45) is 0 Å². The zero-order chi connectivity index (χ0) is 12.3. The molecule has 0 bridgehead atoms. The maximum Gasteiger partial charge on any atom is 0.219 e. The van der Waals surface area contributed by atoms with Gasteiger partial charge in [-0.25, -0.2) is 4.98 Å². The van der Waals surface area contributed by atoms with Crippen LogP contribution in [0.5, 0.6) is 11.6 Å². The number of aromatic nitrogens is 1. The van der Waals surface area contributed by atoms with Crippen LogP contribution in [0.15, 0.2) is 36.4 Å². The Morgan fingerprint density at radius 3 is 2.71 bits per heavy atom. The molecule has 17 heavy (non-hydrogen) atoms. The van der Waals surface area contributed by atoms with Gasteiger partial charge in [0, 0.05) is 6.07 Å². The van der Waals surface area contributed by atoms with Crippen LogP contribution in [0.25, 0.3) is 0 Å². The lowest BCUT2D eigenvalue weighted by molar-refractivity contribution is 0.275. The molecule has 88 valence electrons. The second-order valence-corrected chi connectivity index (χ2v) is 4.84. The number of para-hydroxylation sites is 1. The van der Waals surface area contributed by atoms with Crippen LogP contribution in [0.1, 0.15) is 5.69 Å². The average Bonchev–Trinajstić information content (AvgIpc) is 2.34. The molecule has 0 aliphatic carbocycles. The minimum atomic E-state index is -0.206. The summed E-state index contributed by atoms with van der Waals surface area (Å²) in [7, 11) is 0.